The van der Waals surface area contributed by atoms with Gasteiger partial charge in [-0.2, -0.15) is 0 Å². The lowest BCUT2D eigenvalue weighted by Crippen LogP contribution is -2.30. The van der Waals surface area contributed by atoms with E-state index in [-0.39, 0.29) is 17.8 Å². The minimum absolute atomic E-state index is 0.110. The molecule has 1 N–H and O–H groups in total. The van der Waals surface area contributed by atoms with Crippen molar-refractivity contribution >= 4 is 22.5 Å². The zero-order valence-electron chi connectivity index (χ0n) is 12.7. The molecule has 0 aliphatic rings. The fraction of sp³-hybridized carbons (Fsp3) is 0.118. The van der Waals surface area contributed by atoms with Crippen molar-refractivity contribution < 1.29 is 13.6 Å². The van der Waals surface area contributed by atoms with Gasteiger partial charge in [0.1, 0.15) is 12.4 Å². The summed E-state index contributed by atoms with van der Waals surface area (Å²) in [6.07, 6.45) is 0. The van der Waals surface area contributed by atoms with Crippen molar-refractivity contribution in [1.82, 2.24) is 9.55 Å². The molecule has 7 heteroatoms. The number of anilines is 1. The Morgan fingerprint density at radius 2 is 1.92 bits per heavy atom. The molecule has 0 bridgehead atoms. The average molecular weight is 329 g/mol. The molecule has 3 aromatic rings. The molecule has 0 unspecified atom stereocenters. The summed E-state index contributed by atoms with van der Waals surface area (Å²) in [6.45, 7) is 1.35. The highest BCUT2D eigenvalue weighted by Crippen LogP contribution is 2.13. The molecule has 0 spiro atoms. The Balaban J connectivity index is 1.87. The minimum atomic E-state index is -1.06. The van der Waals surface area contributed by atoms with E-state index in [1.54, 1.807) is 31.2 Å². The van der Waals surface area contributed by atoms with E-state index in [0.717, 1.165) is 12.1 Å². The molecule has 1 heterocycles. The van der Waals surface area contributed by atoms with Gasteiger partial charge in [-0.15, -0.1) is 0 Å². The molecular formula is C17H13F2N3O2. The monoisotopic (exact) mass is 329 g/mol. The van der Waals surface area contributed by atoms with Gasteiger partial charge in [-0.25, -0.2) is 13.8 Å². The van der Waals surface area contributed by atoms with E-state index in [0.29, 0.717) is 16.7 Å². The third-order valence-electron chi connectivity index (χ3n) is 3.56. The Bertz CT molecular complexity index is 999. The molecule has 0 fully saturated rings. The van der Waals surface area contributed by atoms with Crippen LogP contribution in [0.15, 0.2) is 47.3 Å². The molecule has 1 aromatic heterocycles. The molecule has 5 nitrogen and oxygen atoms in total. The van der Waals surface area contributed by atoms with Crippen molar-refractivity contribution in [3.05, 3.63) is 70.3 Å². The second-order valence-electron chi connectivity index (χ2n) is 5.24. The Kier molecular flexibility index (Phi) is 4.07. The van der Waals surface area contributed by atoms with Gasteiger partial charge in [-0.05, 0) is 31.2 Å². The quantitative estimate of drug-likeness (QED) is 0.803. The van der Waals surface area contributed by atoms with Crippen LogP contribution in [0, 0.1) is 18.6 Å². The smallest absolute Gasteiger partial charge is 0.261 e. The van der Waals surface area contributed by atoms with E-state index in [2.05, 4.69) is 10.3 Å². The van der Waals surface area contributed by atoms with E-state index >= 15 is 0 Å². The van der Waals surface area contributed by atoms with Crippen LogP contribution in [-0.2, 0) is 11.3 Å². The Labute approximate surface area is 135 Å². The van der Waals surface area contributed by atoms with Crippen molar-refractivity contribution in [2.24, 2.45) is 0 Å². The zero-order chi connectivity index (χ0) is 17.3. The number of aryl methyl sites for hydroxylation is 1. The van der Waals surface area contributed by atoms with Crippen molar-refractivity contribution in [3.63, 3.8) is 0 Å². The molecule has 0 saturated heterocycles. The van der Waals surface area contributed by atoms with Crippen LogP contribution in [0.5, 0.6) is 0 Å². The van der Waals surface area contributed by atoms with Gasteiger partial charge in [0.15, 0.2) is 11.6 Å². The molecule has 24 heavy (non-hydrogen) atoms. The fourth-order valence-corrected chi connectivity index (χ4v) is 2.38. The summed E-state index contributed by atoms with van der Waals surface area (Å²) in [5.41, 5.74) is 0.328. The van der Waals surface area contributed by atoms with Gasteiger partial charge in [0.25, 0.3) is 5.56 Å². The predicted molar refractivity (Wildman–Crippen MR) is 85.7 cm³/mol. The van der Waals surface area contributed by atoms with Crippen LogP contribution in [0.4, 0.5) is 14.5 Å². The number of aromatic nitrogens is 2. The summed E-state index contributed by atoms with van der Waals surface area (Å²) in [7, 11) is 0. The van der Waals surface area contributed by atoms with Gasteiger partial charge in [-0.3, -0.25) is 14.2 Å². The standard InChI is InChI=1S/C17H13F2N3O2/c1-10-20-15-5-3-2-4-12(15)17(24)22(10)9-16(23)21-11-6-7-13(18)14(19)8-11/h2-8H,9H2,1H3,(H,21,23). The van der Waals surface area contributed by atoms with Gasteiger partial charge in [0.2, 0.25) is 5.91 Å². The Morgan fingerprint density at radius 1 is 1.17 bits per heavy atom. The van der Waals surface area contributed by atoms with Crippen LogP contribution >= 0.6 is 0 Å². The summed E-state index contributed by atoms with van der Waals surface area (Å²) in [5, 5.41) is 2.83. The van der Waals surface area contributed by atoms with Crippen molar-refractivity contribution in [2.45, 2.75) is 13.5 Å². The highest BCUT2D eigenvalue weighted by atomic mass is 19.2. The van der Waals surface area contributed by atoms with Crippen LogP contribution in [0.25, 0.3) is 10.9 Å². The van der Waals surface area contributed by atoms with E-state index in [1.165, 1.54) is 10.6 Å². The number of nitrogens with one attached hydrogen (secondary N) is 1. The summed E-state index contributed by atoms with van der Waals surface area (Å²) >= 11 is 0. The van der Waals surface area contributed by atoms with E-state index in [4.69, 9.17) is 0 Å². The molecule has 0 aliphatic carbocycles. The van der Waals surface area contributed by atoms with Gasteiger partial charge >= 0.3 is 0 Å². The number of amides is 1. The van der Waals surface area contributed by atoms with Crippen molar-refractivity contribution in [1.29, 1.82) is 0 Å². The van der Waals surface area contributed by atoms with Crippen molar-refractivity contribution in [3.8, 4) is 0 Å². The largest absolute Gasteiger partial charge is 0.324 e. The first kappa shape index (κ1) is 15.8. The van der Waals surface area contributed by atoms with Crippen molar-refractivity contribution in [2.75, 3.05) is 5.32 Å². The highest BCUT2D eigenvalue weighted by molar-refractivity contribution is 5.90. The maximum Gasteiger partial charge on any atom is 0.261 e. The van der Waals surface area contributed by atoms with Crippen LogP contribution in [-0.4, -0.2) is 15.5 Å². The first-order valence-electron chi connectivity index (χ1n) is 7.17. The SMILES string of the molecule is Cc1nc2ccccc2c(=O)n1CC(=O)Nc1ccc(F)c(F)c1. The number of para-hydroxylation sites is 1. The molecule has 2 aromatic carbocycles. The normalized spacial score (nSPS) is 10.8. The van der Waals surface area contributed by atoms with E-state index < -0.39 is 17.5 Å². The summed E-state index contributed by atoms with van der Waals surface area (Å²) in [6, 6.07) is 9.87. The van der Waals surface area contributed by atoms with Gasteiger partial charge in [0.05, 0.1) is 10.9 Å². The number of benzene rings is 2. The predicted octanol–water partition coefficient (Wildman–Crippen LogP) is 2.62. The third-order valence-corrected chi connectivity index (χ3v) is 3.56. The number of rotatable bonds is 3. The minimum Gasteiger partial charge on any atom is -0.324 e. The number of carbonyl (C=O) groups is 1. The van der Waals surface area contributed by atoms with Gasteiger partial charge in [0, 0.05) is 11.8 Å². The molecule has 1 amide bonds. The highest BCUT2D eigenvalue weighted by Gasteiger charge is 2.12. The average Bonchev–Trinajstić information content (AvgIpc) is 2.55. The summed E-state index contributed by atoms with van der Waals surface area (Å²) in [4.78, 5) is 28.9. The van der Waals surface area contributed by atoms with E-state index in [1.807, 2.05) is 0 Å². The number of hydrogen-bond donors (Lipinski definition) is 1. The maximum atomic E-state index is 13.2. The lowest BCUT2D eigenvalue weighted by atomic mass is 10.2. The maximum absolute atomic E-state index is 13.2. The fourth-order valence-electron chi connectivity index (χ4n) is 2.38. The van der Waals surface area contributed by atoms with Crippen LogP contribution in [0.1, 0.15) is 5.82 Å². The lowest BCUT2D eigenvalue weighted by Gasteiger charge is -2.11. The summed E-state index contributed by atoms with van der Waals surface area (Å²) < 4.78 is 27.3. The lowest BCUT2D eigenvalue weighted by molar-refractivity contribution is -0.116. The Morgan fingerprint density at radius 3 is 2.67 bits per heavy atom. The van der Waals surface area contributed by atoms with Crippen LogP contribution in [0.3, 0.4) is 0 Å². The topological polar surface area (TPSA) is 64.0 Å². The number of nitrogens with zero attached hydrogens (tertiary/aromatic N) is 2. The second-order valence-corrected chi connectivity index (χ2v) is 5.24. The van der Waals surface area contributed by atoms with Crippen LogP contribution < -0.4 is 10.9 Å². The molecular weight excluding hydrogens is 316 g/mol. The molecule has 3 rings (SSSR count). The second kappa shape index (κ2) is 6.19. The van der Waals surface area contributed by atoms with Gasteiger partial charge in [-0.1, -0.05) is 12.1 Å². The zero-order valence-corrected chi connectivity index (χ0v) is 12.7. The van der Waals surface area contributed by atoms with Gasteiger partial charge < -0.3 is 5.32 Å². The van der Waals surface area contributed by atoms with E-state index in [9.17, 15) is 18.4 Å². The number of hydrogen-bond acceptors (Lipinski definition) is 3. The molecule has 0 aliphatic heterocycles. The first-order chi connectivity index (χ1) is 11.5. The number of halogens is 2. The van der Waals surface area contributed by atoms with Crippen LogP contribution in [0.2, 0.25) is 0 Å². The summed E-state index contributed by atoms with van der Waals surface area (Å²) in [5.74, 6) is -2.21. The third kappa shape index (κ3) is 3.01. The molecule has 122 valence electrons. The number of carbonyl (C=O) groups excluding carboxylic acids is 1. The molecule has 0 radical (unpaired) electrons. The first-order valence-corrected chi connectivity index (χ1v) is 7.17. The molecule has 0 atom stereocenters. The molecule has 0 saturated carbocycles. The number of fused-ring (bicyclic) bond motifs is 1. The Hall–Kier alpha value is -3.09.